The lowest BCUT2D eigenvalue weighted by Gasteiger charge is -2.31. The number of hydrogen-bond acceptors (Lipinski definition) is 3. The Morgan fingerprint density at radius 1 is 1.08 bits per heavy atom. The number of hydrogen-bond donors (Lipinski definition) is 1. The lowest BCUT2D eigenvalue weighted by molar-refractivity contribution is -0.143. The molecule has 4 rings (SSSR count). The van der Waals surface area contributed by atoms with Crippen LogP contribution in [-0.4, -0.2) is 49.1 Å². The molecule has 1 saturated carbocycles. The predicted octanol–water partition coefficient (Wildman–Crippen LogP) is 2.87. The van der Waals surface area contributed by atoms with Crippen LogP contribution in [0, 0.1) is 0 Å². The van der Waals surface area contributed by atoms with Crippen LogP contribution in [0.15, 0.2) is 30.3 Å². The number of nitrogens with zero attached hydrogens (tertiary/aromatic N) is 1. The van der Waals surface area contributed by atoms with E-state index in [1.165, 1.54) is 5.56 Å². The highest BCUT2D eigenvalue weighted by Crippen LogP contribution is 2.33. The van der Waals surface area contributed by atoms with E-state index in [0.29, 0.717) is 38.3 Å². The van der Waals surface area contributed by atoms with Crippen molar-refractivity contribution < 1.29 is 14.3 Å². The molecule has 1 aliphatic carbocycles. The summed E-state index contributed by atoms with van der Waals surface area (Å²) in [4.78, 5) is 14.4. The minimum absolute atomic E-state index is 0.0362. The van der Waals surface area contributed by atoms with Gasteiger partial charge in [0.05, 0.1) is 19.8 Å². The molecule has 0 atom stereocenters. The average molecular weight is 330 g/mol. The standard InChI is InChI=1S/C19H26N2O3/c22-18(21-11-10-19(14-21)23-12-13-24-19)20-17-8-6-16(7-9-17)15-4-2-1-3-5-15/h1-5,16-17H,6-14H2,(H,20,22). The maximum absolute atomic E-state index is 12.5. The zero-order chi connectivity index (χ0) is 16.4. The Morgan fingerprint density at radius 3 is 2.50 bits per heavy atom. The Hall–Kier alpha value is -1.59. The van der Waals surface area contributed by atoms with Crippen LogP contribution in [-0.2, 0) is 9.47 Å². The number of ether oxygens (including phenoxy) is 2. The molecule has 24 heavy (non-hydrogen) atoms. The molecular formula is C19H26N2O3. The monoisotopic (exact) mass is 330 g/mol. The summed E-state index contributed by atoms with van der Waals surface area (Å²) in [7, 11) is 0. The largest absolute Gasteiger partial charge is 0.346 e. The van der Waals surface area contributed by atoms with Crippen molar-refractivity contribution >= 4 is 6.03 Å². The molecule has 1 aromatic carbocycles. The van der Waals surface area contributed by atoms with Crippen LogP contribution in [0.4, 0.5) is 4.79 Å². The van der Waals surface area contributed by atoms with Crippen LogP contribution < -0.4 is 5.32 Å². The highest BCUT2D eigenvalue weighted by molar-refractivity contribution is 5.75. The molecule has 5 nitrogen and oxygen atoms in total. The average Bonchev–Trinajstić information content (AvgIpc) is 3.27. The highest BCUT2D eigenvalue weighted by Gasteiger charge is 2.45. The number of rotatable bonds is 2. The van der Waals surface area contributed by atoms with Crippen molar-refractivity contribution in [2.75, 3.05) is 26.3 Å². The molecule has 0 unspecified atom stereocenters. The van der Waals surface area contributed by atoms with E-state index in [0.717, 1.165) is 32.1 Å². The molecule has 0 aromatic heterocycles. The Kier molecular flexibility index (Phi) is 4.46. The molecule has 3 fully saturated rings. The fourth-order valence-corrected chi connectivity index (χ4v) is 4.22. The summed E-state index contributed by atoms with van der Waals surface area (Å²) in [5.74, 6) is 0.108. The summed E-state index contributed by atoms with van der Waals surface area (Å²) >= 11 is 0. The van der Waals surface area contributed by atoms with Gasteiger partial charge in [-0.15, -0.1) is 0 Å². The summed E-state index contributed by atoms with van der Waals surface area (Å²) in [6.45, 7) is 2.54. The van der Waals surface area contributed by atoms with E-state index in [1.807, 2.05) is 4.90 Å². The van der Waals surface area contributed by atoms with Gasteiger partial charge in [0.25, 0.3) is 0 Å². The van der Waals surface area contributed by atoms with Gasteiger partial charge in [-0.1, -0.05) is 30.3 Å². The second-order valence-corrected chi connectivity index (χ2v) is 7.19. The fraction of sp³-hybridized carbons (Fsp3) is 0.632. The first kappa shape index (κ1) is 15.9. The normalized spacial score (nSPS) is 29.1. The van der Waals surface area contributed by atoms with Crippen LogP contribution in [0.25, 0.3) is 0 Å². The predicted molar refractivity (Wildman–Crippen MR) is 90.8 cm³/mol. The van der Waals surface area contributed by atoms with E-state index in [-0.39, 0.29) is 6.03 Å². The molecule has 5 heteroatoms. The van der Waals surface area contributed by atoms with Crippen LogP contribution in [0.1, 0.15) is 43.6 Å². The molecule has 1 N–H and O–H groups in total. The van der Waals surface area contributed by atoms with Crippen molar-refractivity contribution in [1.29, 1.82) is 0 Å². The van der Waals surface area contributed by atoms with E-state index in [9.17, 15) is 4.79 Å². The Morgan fingerprint density at radius 2 is 1.79 bits per heavy atom. The van der Waals surface area contributed by atoms with Gasteiger partial charge in [-0.05, 0) is 37.2 Å². The summed E-state index contributed by atoms with van der Waals surface area (Å²) in [6.07, 6.45) is 5.17. The molecule has 0 radical (unpaired) electrons. The van der Waals surface area contributed by atoms with E-state index in [4.69, 9.17) is 9.47 Å². The third kappa shape index (κ3) is 3.28. The summed E-state index contributed by atoms with van der Waals surface area (Å²) < 4.78 is 11.4. The molecule has 2 saturated heterocycles. The summed E-state index contributed by atoms with van der Waals surface area (Å²) in [5.41, 5.74) is 1.43. The van der Waals surface area contributed by atoms with Gasteiger partial charge < -0.3 is 19.7 Å². The number of likely N-dealkylation sites (tertiary alicyclic amines) is 1. The second kappa shape index (κ2) is 6.73. The van der Waals surface area contributed by atoms with Crippen LogP contribution in [0.3, 0.4) is 0 Å². The second-order valence-electron chi connectivity index (χ2n) is 7.19. The van der Waals surface area contributed by atoms with E-state index in [1.54, 1.807) is 0 Å². The van der Waals surface area contributed by atoms with Crippen molar-refractivity contribution in [1.82, 2.24) is 10.2 Å². The molecule has 3 aliphatic rings. The maximum atomic E-state index is 12.5. The van der Waals surface area contributed by atoms with Crippen molar-refractivity contribution in [3.8, 4) is 0 Å². The minimum atomic E-state index is -0.525. The fourth-order valence-electron chi connectivity index (χ4n) is 4.22. The third-order valence-electron chi connectivity index (χ3n) is 5.62. The van der Waals surface area contributed by atoms with Crippen LogP contribution >= 0.6 is 0 Å². The van der Waals surface area contributed by atoms with Gasteiger partial charge in [0.1, 0.15) is 0 Å². The van der Waals surface area contributed by atoms with Gasteiger partial charge >= 0.3 is 6.03 Å². The van der Waals surface area contributed by atoms with E-state index in [2.05, 4.69) is 35.6 Å². The van der Waals surface area contributed by atoms with Gasteiger partial charge in [-0.25, -0.2) is 4.79 Å². The Balaban J connectivity index is 1.26. The summed E-state index contributed by atoms with van der Waals surface area (Å²) in [5, 5.41) is 3.22. The SMILES string of the molecule is O=C(NC1CCC(c2ccccc2)CC1)N1CCC2(C1)OCCO2. The topological polar surface area (TPSA) is 50.8 Å². The first-order valence-corrected chi connectivity index (χ1v) is 9.12. The lowest BCUT2D eigenvalue weighted by atomic mass is 9.82. The first-order valence-electron chi connectivity index (χ1n) is 9.12. The molecular weight excluding hydrogens is 304 g/mol. The number of nitrogens with one attached hydrogen (secondary N) is 1. The van der Waals surface area contributed by atoms with Crippen molar-refractivity contribution in [3.63, 3.8) is 0 Å². The van der Waals surface area contributed by atoms with E-state index < -0.39 is 5.79 Å². The van der Waals surface area contributed by atoms with Gasteiger partial charge in [-0.2, -0.15) is 0 Å². The van der Waals surface area contributed by atoms with Gasteiger partial charge in [0.2, 0.25) is 0 Å². The highest BCUT2D eigenvalue weighted by atomic mass is 16.7. The smallest absolute Gasteiger partial charge is 0.317 e. The number of urea groups is 1. The Bertz CT molecular complexity index is 563. The van der Waals surface area contributed by atoms with Gasteiger partial charge in [-0.3, -0.25) is 0 Å². The van der Waals surface area contributed by atoms with Crippen molar-refractivity contribution in [2.24, 2.45) is 0 Å². The van der Waals surface area contributed by atoms with E-state index >= 15 is 0 Å². The van der Waals surface area contributed by atoms with Gasteiger partial charge in [0.15, 0.2) is 5.79 Å². The zero-order valence-corrected chi connectivity index (χ0v) is 14.1. The van der Waals surface area contributed by atoms with Crippen LogP contribution in [0.2, 0.25) is 0 Å². The number of carbonyl (C=O) groups is 1. The minimum Gasteiger partial charge on any atom is -0.346 e. The zero-order valence-electron chi connectivity index (χ0n) is 14.1. The number of amides is 2. The molecule has 2 aliphatic heterocycles. The molecule has 2 heterocycles. The maximum Gasteiger partial charge on any atom is 0.317 e. The molecule has 2 amide bonds. The lowest BCUT2D eigenvalue weighted by Crippen LogP contribution is -2.46. The van der Waals surface area contributed by atoms with Gasteiger partial charge in [0, 0.05) is 19.0 Å². The number of benzene rings is 1. The third-order valence-corrected chi connectivity index (χ3v) is 5.62. The molecule has 130 valence electrons. The molecule has 0 bridgehead atoms. The number of carbonyl (C=O) groups excluding carboxylic acids is 1. The van der Waals surface area contributed by atoms with Crippen molar-refractivity contribution in [3.05, 3.63) is 35.9 Å². The molecule has 1 aromatic rings. The Labute approximate surface area is 143 Å². The molecule has 1 spiro atoms. The van der Waals surface area contributed by atoms with Crippen molar-refractivity contribution in [2.45, 2.75) is 49.9 Å². The quantitative estimate of drug-likeness (QED) is 0.907. The van der Waals surface area contributed by atoms with Crippen LogP contribution in [0.5, 0.6) is 0 Å². The first-order chi connectivity index (χ1) is 11.7. The summed E-state index contributed by atoms with van der Waals surface area (Å²) in [6, 6.07) is 11.0.